The number of carboxylic acid groups (broad SMARTS) is 1. The van der Waals surface area contributed by atoms with Crippen molar-refractivity contribution in [3.05, 3.63) is 59.7 Å². The molecule has 0 saturated heterocycles. The highest BCUT2D eigenvalue weighted by molar-refractivity contribution is 6.06. The highest BCUT2D eigenvalue weighted by atomic mass is 16.4. The number of carboxylic acids is 1. The average molecular weight is 252 g/mol. The third kappa shape index (κ3) is 1.93. The Morgan fingerprint density at radius 1 is 1.05 bits per heavy atom. The number of benzene rings is 2. The zero-order chi connectivity index (χ0) is 13.4. The summed E-state index contributed by atoms with van der Waals surface area (Å²) in [6.45, 7) is 0. The Bertz CT molecular complexity index is 659. The predicted octanol–water partition coefficient (Wildman–Crippen LogP) is 3.11. The SMILES string of the molecule is O=C1CC(C(=O)O)c2cc(-c3ccccc3)ccc21. The summed E-state index contributed by atoms with van der Waals surface area (Å²) in [5, 5.41) is 9.19. The molecule has 1 N–H and O–H groups in total. The lowest BCUT2D eigenvalue weighted by molar-refractivity contribution is -0.138. The zero-order valence-corrected chi connectivity index (χ0v) is 10.2. The number of hydrogen-bond donors (Lipinski definition) is 1. The third-order valence-corrected chi connectivity index (χ3v) is 3.52. The molecule has 0 aliphatic heterocycles. The molecule has 1 unspecified atom stereocenters. The van der Waals surface area contributed by atoms with Gasteiger partial charge in [-0.3, -0.25) is 9.59 Å². The fourth-order valence-corrected chi connectivity index (χ4v) is 2.54. The number of Topliss-reactive ketones (excluding diaryl/α,β-unsaturated/α-hetero) is 1. The largest absolute Gasteiger partial charge is 0.481 e. The molecule has 0 heterocycles. The third-order valence-electron chi connectivity index (χ3n) is 3.52. The molecule has 0 bridgehead atoms. The van der Waals surface area contributed by atoms with Crippen LogP contribution in [0.1, 0.15) is 28.3 Å². The summed E-state index contributed by atoms with van der Waals surface area (Å²) in [5.74, 6) is -1.72. The average Bonchev–Trinajstić information content (AvgIpc) is 2.77. The summed E-state index contributed by atoms with van der Waals surface area (Å²) in [6, 6.07) is 15.2. The van der Waals surface area contributed by atoms with E-state index in [1.807, 2.05) is 42.5 Å². The molecule has 3 heteroatoms. The molecule has 19 heavy (non-hydrogen) atoms. The van der Waals surface area contributed by atoms with Gasteiger partial charge in [-0.05, 0) is 22.8 Å². The summed E-state index contributed by atoms with van der Waals surface area (Å²) < 4.78 is 0. The number of fused-ring (bicyclic) bond motifs is 1. The first-order chi connectivity index (χ1) is 9.16. The topological polar surface area (TPSA) is 54.4 Å². The van der Waals surface area contributed by atoms with Gasteiger partial charge in [-0.1, -0.05) is 42.5 Å². The fraction of sp³-hybridized carbons (Fsp3) is 0.125. The van der Waals surface area contributed by atoms with Crippen molar-refractivity contribution in [2.45, 2.75) is 12.3 Å². The van der Waals surface area contributed by atoms with Crippen molar-refractivity contribution >= 4 is 11.8 Å². The molecule has 1 aliphatic rings. The molecule has 0 amide bonds. The van der Waals surface area contributed by atoms with Crippen LogP contribution in [-0.2, 0) is 4.79 Å². The first kappa shape index (κ1) is 11.7. The molecular formula is C16H12O3. The molecule has 0 spiro atoms. The number of hydrogen-bond acceptors (Lipinski definition) is 2. The Hall–Kier alpha value is -2.42. The lowest BCUT2D eigenvalue weighted by atomic mass is 9.96. The van der Waals surface area contributed by atoms with E-state index in [0.29, 0.717) is 11.1 Å². The lowest BCUT2D eigenvalue weighted by Gasteiger charge is -2.08. The molecule has 3 nitrogen and oxygen atoms in total. The second kappa shape index (κ2) is 4.35. The standard InChI is InChI=1S/C16H12O3/c17-15-9-14(16(18)19)13-8-11(6-7-12(13)15)10-4-2-1-3-5-10/h1-8,14H,9H2,(H,18,19). The molecule has 0 aromatic heterocycles. The van der Waals surface area contributed by atoms with Crippen molar-refractivity contribution in [3.63, 3.8) is 0 Å². The molecule has 3 rings (SSSR count). The van der Waals surface area contributed by atoms with Gasteiger partial charge in [0.1, 0.15) is 0 Å². The van der Waals surface area contributed by atoms with Crippen molar-refractivity contribution in [3.8, 4) is 11.1 Å². The van der Waals surface area contributed by atoms with E-state index in [2.05, 4.69) is 0 Å². The highest BCUT2D eigenvalue weighted by Crippen LogP contribution is 2.36. The molecule has 2 aromatic carbocycles. The van der Waals surface area contributed by atoms with E-state index in [9.17, 15) is 14.7 Å². The maximum atomic E-state index is 11.8. The van der Waals surface area contributed by atoms with Crippen molar-refractivity contribution in [2.75, 3.05) is 0 Å². The Morgan fingerprint density at radius 3 is 2.47 bits per heavy atom. The van der Waals surface area contributed by atoms with Crippen LogP contribution < -0.4 is 0 Å². The van der Waals surface area contributed by atoms with Crippen LogP contribution in [0.25, 0.3) is 11.1 Å². The van der Waals surface area contributed by atoms with Gasteiger partial charge in [0.25, 0.3) is 0 Å². The van der Waals surface area contributed by atoms with Gasteiger partial charge in [0.2, 0.25) is 0 Å². The van der Waals surface area contributed by atoms with Crippen LogP contribution in [0, 0.1) is 0 Å². The quantitative estimate of drug-likeness (QED) is 0.893. The van der Waals surface area contributed by atoms with Gasteiger partial charge in [0.15, 0.2) is 5.78 Å². The van der Waals surface area contributed by atoms with Crippen molar-refractivity contribution in [2.24, 2.45) is 0 Å². The first-order valence-electron chi connectivity index (χ1n) is 6.12. The van der Waals surface area contributed by atoms with Gasteiger partial charge in [-0.2, -0.15) is 0 Å². The Kier molecular flexibility index (Phi) is 2.67. The molecule has 94 valence electrons. The molecule has 0 radical (unpaired) electrons. The second-order valence-corrected chi connectivity index (χ2v) is 4.69. The van der Waals surface area contributed by atoms with E-state index < -0.39 is 11.9 Å². The normalized spacial score (nSPS) is 17.3. The maximum absolute atomic E-state index is 11.8. The number of rotatable bonds is 2. The summed E-state index contributed by atoms with van der Waals surface area (Å²) in [7, 11) is 0. The molecule has 1 aliphatic carbocycles. The summed E-state index contributed by atoms with van der Waals surface area (Å²) in [6.07, 6.45) is 0.0723. The minimum atomic E-state index is -0.933. The van der Waals surface area contributed by atoms with Crippen LogP contribution in [-0.4, -0.2) is 16.9 Å². The van der Waals surface area contributed by atoms with Gasteiger partial charge in [0, 0.05) is 12.0 Å². The number of carbonyl (C=O) groups is 2. The number of aliphatic carboxylic acids is 1. The Morgan fingerprint density at radius 2 is 1.79 bits per heavy atom. The minimum Gasteiger partial charge on any atom is -0.481 e. The second-order valence-electron chi connectivity index (χ2n) is 4.69. The Labute approximate surface area is 110 Å². The van der Waals surface area contributed by atoms with E-state index in [4.69, 9.17) is 0 Å². The summed E-state index contributed by atoms with van der Waals surface area (Å²) in [5.41, 5.74) is 3.15. The van der Waals surface area contributed by atoms with E-state index >= 15 is 0 Å². The molecule has 0 saturated carbocycles. The first-order valence-corrected chi connectivity index (χ1v) is 6.12. The zero-order valence-electron chi connectivity index (χ0n) is 10.2. The molecular weight excluding hydrogens is 240 g/mol. The fourth-order valence-electron chi connectivity index (χ4n) is 2.54. The molecule has 1 atom stereocenters. The molecule has 0 fully saturated rings. The highest BCUT2D eigenvalue weighted by Gasteiger charge is 2.34. The lowest BCUT2D eigenvalue weighted by Crippen LogP contribution is -2.08. The minimum absolute atomic E-state index is 0.0723. The van der Waals surface area contributed by atoms with Gasteiger partial charge in [-0.15, -0.1) is 0 Å². The van der Waals surface area contributed by atoms with Crippen LogP contribution in [0.4, 0.5) is 0 Å². The van der Waals surface area contributed by atoms with Crippen LogP contribution in [0.3, 0.4) is 0 Å². The van der Waals surface area contributed by atoms with Crippen molar-refractivity contribution < 1.29 is 14.7 Å². The van der Waals surface area contributed by atoms with Crippen molar-refractivity contribution in [1.29, 1.82) is 0 Å². The van der Waals surface area contributed by atoms with E-state index in [-0.39, 0.29) is 12.2 Å². The summed E-state index contributed by atoms with van der Waals surface area (Å²) >= 11 is 0. The predicted molar refractivity (Wildman–Crippen MR) is 71.2 cm³/mol. The van der Waals surface area contributed by atoms with Gasteiger partial charge >= 0.3 is 5.97 Å². The van der Waals surface area contributed by atoms with Crippen LogP contribution in [0.15, 0.2) is 48.5 Å². The monoisotopic (exact) mass is 252 g/mol. The van der Waals surface area contributed by atoms with E-state index in [1.165, 1.54) is 0 Å². The maximum Gasteiger partial charge on any atom is 0.311 e. The van der Waals surface area contributed by atoms with Crippen LogP contribution in [0.5, 0.6) is 0 Å². The Balaban J connectivity index is 2.11. The van der Waals surface area contributed by atoms with Crippen molar-refractivity contribution in [1.82, 2.24) is 0 Å². The van der Waals surface area contributed by atoms with Gasteiger partial charge in [-0.25, -0.2) is 0 Å². The van der Waals surface area contributed by atoms with E-state index in [1.54, 1.807) is 6.07 Å². The van der Waals surface area contributed by atoms with Gasteiger partial charge < -0.3 is 5.11 Å². The van der Waals surface area contributed by atoms with Crippen LogP contribution >= 0.6 is 0 Å². The number of ketones is 1. The van der Waals surface area contributed by atoms with Gasteiger partial charge in [0.05, 0.1) is 5.92 Å². The summed E-state index contributed by atoms with van der Waals surface area (Å²) in [4.78, 5) is 23.0. The van der Waals surface area contributed by atoms with Crippen LogP contribution in [0.2, 0.25) is 0 Å². The smallest absolute Gasteiger partial charge is 0.311 e. The van der Waals surface area contributed by atoms with E-state index in [0.717, 1.165) is 11.1 Å². The molecule has 2 aromatic rings. The number of carbonyl (C=O) groups excluding carboxylic acids is 1.